The topological polar surface area (TPSA) is 33.2 Å². The van der Waals surface area contributed by atoms with Crippen molar-refractivity contribution in [1.29, 1.82) is 0 Å². The highest BCUT2D eigenvalue weighted by molar-refractivity contribution is 6.07. The summed E-state index contributed by atoms with van der Waals surface area (Å²) >= 11 is 0. The number of likely N-dealkylation sites (tertiary alicyclic amines) is 1. The number of fused-ring (bicyclic) bond motifs is 1. The summed E-state index contributed by atoms with van der Waals surface area (Å²) in [6, 6.07) is 18.1. The van der Waals surface area contributed by atoms with Crippen LogP contribution in [0.2, 0.25) is 0 Å². The number of aromatic nitrogens is 1. The molecule has 0 aliphatic carbocycles. The van der Waals surface area contributed by atoms with Crippen LogP contribution in [0.3, 0.4) is 0 Å². The van der Waals surface area contributed by atoms with E-state index in [2.05, 4.69) is 19.1 Å². The first-order chi connectivity index (χ1) is 12.2. The maximum Gasteiger partial charge on any atom is 0.254 e. The number of rotatable bonds is 2. The summed E-state index contributed by atoms with van der Waals surface area (Å²) < 4.78 is 0. The lowest BCUT2D eigenvalue weighted by Crippen LogP contribution is -2.35. The molecule has 1 fully saturated rings. The SMILES string of the molecule is Cc1ccccc1-c1cc(C(=O)N2CCCCC2)c2ccccc2n1. The minimum absolute atomic E-state index is 0.133. The zero-order valence-electron chi connectivity index (χ0n) is 14.5. The lowest BCUT2D eigenvalue weighted by molar-refractivity contribution is 0.0726. The van der Waals surface area contributed by atoms with E-state index in [1.54, 1.807) is 0 Å². The van der Waals surface area contributed by atoms with E-state index in [9.17, 15) is 4.79 Å². The minimum Gasteiger partial charge on any atom is -0.339 e. The lowest BCUT2D eigenvalue weighted by Gasteiger charge is -2.27. The van der Waals surface area contributed by atoms with Crippen LogP contribution in [0.5, 0.6) is 0 Å². The average Bonchev–Trinajstić information content (AvgIpc) is 2.67. The van der Waals surface area contributed by atoms with Crippen molar-refractivity contribution in [2.45, 2.75) is 26.2 Å². The molecule has 1 aliphatic rings. The third-order valence-corrected chi connectivity index (χ3v) is 5.01. The molecule has 4 rings (SSSR count). The first-order valence-corrected chi connectivity index (χ1v) is 8.99. The summed E-state index contributed by atoms with van der Waals surface area (Å²) in [6.07, 6.45) is 3.41. The van der Waals surface area contributed by atoms with Crippen LogP contribution in [-0.4, -0.2) is 28.9 Å². The second-order valence-corrected chi connectivity index (χ2v) is 6.74. The molecule has 2 aromatic carbocycles. The van der Waals surface area contributed by atoms with Gasteiger partial charge in [-0.15, -0.1) is 0 Å². The molecule has 0 atom stereocenters. The summed E-state index contributed by atoms with van der Waals surface area (Å²) in [6.45, 7) is 3.79. The van der Waals surface area contributed by atoms with Crippen molar-refractivity contribution in [2.24, 2.45) is 0 Å². The van der Waals surface area contributed by atoms with Gasteiger partial charge in [-0.2, -0.15) is 0 Å². The molecular formula is C22H22N2O. The van der Waals surface area contributed by atoms with Crippen LogP contribution in [0.25, 0.3) is 22.2 Å². The highest BCUT2D eigenvalue weighted by Gasteiger charge is 2.21. The number of benzene rings is 2. The van der Waals surface area contributed by atoms with Crippen molar-refractivity contribution in [3.05, 3.63) is 65.7 Å². The average molecular weight is 330 g/mol. The Hall–Kier alpha value is -2.68. The van der Waals surface area contributed by atoms with E-state index in [1.165, 1.54) is 12.0 Å². The highest BCUT2D eigenvalue weighted by Crippen LogP contribution is 2.28. The fourth-order valence-electron chi connectivity index (χ4n) is 3.62. The maximum absolute atomic E-state index is 13.2. The van der Waals surface area contributed by atoms with Crippen LogP contribution in [-0.2, 0) is 0 Å². The molecule has 0 spiro atoms. The van der Waals surface area contributed by atoms with Gasteiger partial charge in [-0.1, -0.05) is 42.5 Å². The van der Waals surface area contributed by atoms with Crippen LogP contribution < -0.4 is 0 Å². The van der Waals surface area contributed by atoms with Crippen LogP contribution in [0, 0.1) is 6.92 Å². The molecule has 3 heteroatoms. The second-order valence-electron chi connectivity index (χ2n) is 6.74. The predicted octanol–water partition coefficient (Wildman–Crippen LogP) is 4.84. The van der Waals surface area contributed by atoms with Crippen molar-refractivity contribution in [2.75, 3.05) is 13.1 Å². The van der Waals surface area contributed by atoms with Gasteiger partial charge in [-0.05, 0) is 43.9 Å². The predicted molar refractivity (Wildman–Crippen MR) is 102 cm³/mol. The van der Waals surface area contributed by atoms with Gasteiger partial charge in [0.1, 0.15) is 0 Å². The Morgan fingerprint density at radius 3 is 2.48 bits per heavy atom. The van der Waals surface area contributed by atoms with E-state index in [-0.39, 0.29) is 5.91 Å². The Bertz CT molecular complexity index is 926. The number of pyridine rings is 1. The van der Waals surface area contributed by atoms with Gasteiger partial charge < -0.3 is 4.90 Å². The number of aryl methyl sites for hydroxylation is 1. The Labute approximate surface area is 148 Å². The maximum atomic E-state index is 13.2. The van der Waals surface area contributed by atoms with Gasteiger partial charge in [0.2, 0.25) is 0 Å². The normalized spacial score (nSPS) is 14.7. The number of para-hydroxylation sites is 1. The van der Waals surface area contributed by atoms with E-state index in [1.807, 2.05) is 47.4 Å². The Balaban J connectivity index is 1.87. The van der Waals surface area contributed by atoms with Gasteiger partial charge in [0.05, 0.1) is 16.8 Å². The molecule has 1 aliphatic heterocycles. The standard InChI is InChI=1S/C22H22N2O/c1-16-9-3-4-10-17(16)21-15-19(18-11-5-6-12-20(18)23-21)22(25)24-13-7-2-8-14-24/h3-6,9-12,15H,2,7-8,13-14H2,1H3. The highest BCUT2D eigenvalue weighted by atomic mass is 16.2. The molecule has 2 heterocycles. The molecule has 1 aromatic heterocycles. The van der Waals surface area contributed by atoms with Crippen LogP contribution in [0.1, 0.15) is 35.2 Å². The molecule has 3 aromatic rings. The molecule has 1 amide bonds. The van der Waals surface area contributed by atoms with E-state index in [0.29, 0.717) is 0 Å². The molecule has 3 nitrogen and oxygen atoms in total. The van der Waals surface area contributed by atoms with Crippen LogP contribution >= 0.6 is 0 Å². The number of amides is 1. The number of hydrogen-bond acceptors (Lipinski definition) is 2. The molecule has 0 bridgehead atoms. The van der Waals surface area contributed by atoms with Crippen LogP contribution in [0.15, 0.2) is 54.6 Å². The van der Waals surface area contributed by atoms with Gasteiger partial charge in [0, 0.05) is 24.0 Å². The second kappa shape index (κ2) is 6.67. The quantitative estimate of drug-likeness (QED) is 0.674. The minimum atomic E-state index is 0.133. The summed E-state index contributed by atoms with van der Waals surface area (Å²) in [5.41, 5.74) is 4.77. The molecule has 0 radical (unpaired) electrons. The first kappa shape index (κ1) is 15.8. The van der Waals surface area contributed by atoms with Crippen molar-refractivity contribution in [3.8, 4) is 11.3 Å². The molecule has 25 heavy (non-hydrogen) atoms. The zero-order valence-corrected chi connectivity index (χ0v) is 14.5. The third kappa shape index (κ3) is 3.02. The largest absolute Gasteiger partial charge is 0.339 e. The fraction of sp³-hybridized carbons (Fsp3) is 0.273. The lowest BCUT2D eigenvalue weighted by atomic mass is 10.00. The fourth-order valence-corrected chi connectivity index (χ4v) is 3.62. The molecule has 0 saturated carbocycles. The van der Waals surface area contributed by atoms with Gasteiger partial charge >= 0.3 is 0 Å². The summed E-state index contributed by atoms with van der Waals surface area (Å²) in [5.74, 6) is 0.133. The van der Waals surface area contributed by atoms with Crippen molar-refractivity contribution in [1.82, 2.24) is 9.88 Å². The summed E-state index contributed by atoms with van der Waals surface area (Å²) in [7, 11) is 0. The zero-order chi connectivity index (χ0) is 17.2. The van der Waals surface area contributed by atoms with Crippen molar-refractivity contribution < 1.29 is 4.79 Å². The number of piperidine rings is 1. The van der Waals surface area contributed by atoms with Crippen LogP contribution in [0.4, 0.5) is 0 Å². The number of nitrogens with zero attached hydrogens (tertiary/aromatic N) is 2. The Morgan fingerprint density at radius 1 is 0.960 bits per heavy atom. The van der Waals surface area contributed by atoms with Gasteiger partial charge in [0.15, 0.2) is 0 Å². The number of carbonyl (C=O) groups is 1. The van der Waals surface area contributed by atoms with Gasteiger partial charge in [-0.3, -0.25) is 4.79 Å². The van der Waals surface area contributed by atoms with E-state index in [4.69, 9.17) is 4.98 Å². The van der Waals surface area contributed by atoms with Gasteiger partial charge in [0.25, 0.3) is 5.91 Å². The van der Waals surface area contributed by atoms with E-state index in [0.717, 1.165) is 53.7 Å². The molecule has 1 saturated heterocycles. The smallest absolute Gasteiger partial charge is 0.254 e. The van der Waals surface area contributed by atoms with Crippen molar-refractivity contribution >= 4 is 16.8 Å². The molecular weight excluding hydrogens is 308 g/mol. The molecule has 126 valence electrons. The van der Waals surface area contributed by atoms with E-state index < -0.39 is 0 Å². The summed E-state index contributed by atoms with van der Waals surface area (Å²) in [4.78, 5) is 20.0. The Morgan fingerprint density at radius 2 is 1.68 bits per heavy atom. The van der Waals surface area contributed by atoms with Crippen molar-refractivity contribution in [3.63, 3.8) is 0 Å². The molecule has 0 unspecified atom stereocenters. The number of hydrogen-bond donors (Lipinski definition) is 0. The van der Waals surface area contributed by atoms with Gasteiger partial charge in [-0.25, -0.2) is 4.98 Å². The number of carbonyl (C=O) groups excluding carboxylic acids is 1. The first-order valence-electron chi connectivity index (χ1n) is 8.99. The molecule has 0 N–H and O–H groups in total. The summed E-state index contributed by atoms with van der Waals surface area (Å²) in [5, 5.41) is 0.940. The third-order valence-electron chi connectivity index (χ3n) is 5.01. The Kier molecular flexibility index (Phi) is 4.22. The van der Waals surface area contributed by atoms with E-state index >= 15 is 0 Å². The monoisotopic (exact) mass is 330 g/mol.